The summed E-state index contributed by atoms with van der Waals surface area (Å²) in [5, 5.41) is 16.8. The Hall–Kier alpha value is -2.36. The number of nitro groups is 1. The number of hydrogen-bond donors (Lipinski definition) is 2. The molecule has 1 atom stereocenters. The monoisotopic (exact) mass is 739 g/mol. The maximum atomic E-state index is 12.6. The van der Waals surface area contributed by atoms with Crippen molar-refractivity contribution in [3.05, 3.63) is 22.1 Å². The first-order valence-electron chi connectivity index (χ1n) is 21.7. The Balaban J connectivity index is 4.41. The van der Waals surface area contributed by atoms with Crippen LogP contribution in [0.2, 0.25) is 0 Å². The first-order chi connectivity index (χ1) is 25.4. The van der Waals surface area contributed by atoms with Gasteiger partial charge in [0.25, 0.3) is 6.20 Å². The maximum Gasteiger partial charge on any atom is 0.306 e. The molecule has 0 spiro atoms. The summed E-state index contributed by atoms with van der Waals surface area (Å²) in [7, 11) is 1.67. The zero-order chi connectivity index (χ0) is 38.3. The molecule has 0 aliphatic rings. The van der Waals surface area contributed by atoms with Gasteiger partial charge in [0.2, 0.25) is 0 Å². The van der Waals surface area contributed by atoms with Crippen LogP contribution in [-0.4, -0.2) is 67.7 Å². The number of carbonyl (C=O) groups excluding carboxylic acids is 2. The summed E-state index contributed by atoms with van der Waals surface area (Å²) in [4.78, 5) is 37.6. The zero-order valence-electron chi connectivity index (χ0n) is 34.3. The van der Waals surface area contributed by atoms with E-state index in [-0.39, 0.29) is 18.0 Å². The lowest BCUT2D eigenvalue weighted by Crippen LogP contribution is -2.31. The Morgan fingerprint density at radius 3 is 1.69 bits per heavy atom. The topological polar surface area (TPSA) is 123 Å². The second kappa shape index (κ2) is 38.4. The van der Waals surface area contributed by atoms with Crippen molar-refractivity contribution in [1.82, 2.24) is 15.5 Å². The summed E-state index contributed by atoms with van der Waals surface area (Å²) in [5.74, 6) is 0.313. The van der Waals surface area contributed by atoms with Crippen LogP contribution < -0.4 is 10.6 Å². The van der Waals surface area contributed by atoms with Gasteiger partial charge in [-0.05, 0) is 83.8 Å². The van der Waals surface area contributed by atoms with Gasteiger partial charge in [-0.1, -0.05) is 124 Å². The lowest BCUT2D eigenvalue weighted by Gasteiger charge is -2.22. The smallest absolute Gasteiger partial charge is 0.306 e. The molecular weight excluding hydrogens is 656 g/mol. The van der Waals surface area contributed by atoms with Crippen molar-refractivity contribution in [2.45, 2.75) is 207 Å². The Morgan fingerprint density at radius 1 is 0.635 bits per heavy atom. The molecule has 0 bridgehead atoms. The number of rotatable bonds is 40. The summed E-state index contributed by atoms with van der Waals surface area (Å²) in [6.07, 6.45) is 31.3. The van der Waals surface area contributed by atoms with Gasteiger partial charge < -0.3 is 25.0 Å². The molecule has 0 aromatic rings. The van der Waals surface area contributed by atoms with E-state index >= 15 is 0 Å². The fourth-order valence-electron chi connectivity index (χ4n) is 6.50. The molecule has 2 N–H and O–H groups in total. The molecule has 306 valence electrons. The predicted molar refractivity (Wildman–Crippen MR) is 216 cm³/mol. The molecule has 0 heterocycles. The molecule has 10 heteroatoms. The van der Waals surface area contributed by atoms with Crippen LogP contribution in [0.5, 0.6) is 0 Å². The first-order valence-corrected chi connectivity index (χ1v) is 21.7. The molecule has 0 saturated heterocycles. The van der Waals surface area contributed by atoms with E-state index in [1.807, 2.05) is 0 Å². The maximum absolute atomic E-state index is 12.6. The molecule has 0 rings (SSSR count). The molecule has 52 heavy (non-hydrogen) atoms. The van der Waals surface area contributed by atoms with Gasteiger partial charge in [-0.15, -0.1) is 0 Å². The van der Waals surface area contributed by atoms with Crippen molar-refractivity contribution < 1.29 is 24.0 Å². The highest BCUT2D eigenvalue weighted by molar-refractivity contribution is 5.69. The fourth-order valence-corrected chi connectivity index (χ4v) is 6.50. The normalized spacial score (nSPS) is 12.2. The van der Waals surface area contributed by atoms with Gasteiger partial charge in [0.05, 0.1) is 11.5 Å². The van der Waals surface area contributed by atoms with Crippen LogP contribution in [0.15, 0.2) is 12.0 Å². The van der Waals surface area contributed by atoms with Crippen molar-refractivity contribution in [2.24, 2.45) is 0 Å². The molecule has 1 unspecified atom stereocenters. The molecule has 0 fully saturated rings. The molecule has 0 aliphatic carbocycles. The molecule has 10 nitrogen and oxygen atoms in total. The second-order valence-electron chi connectivity index (χ2n) is 14.7. The van der Waals surface area contributed by atoms with E-state index < -0.39 is 4.92 Å². The standard InChI is InChI=1S/C42H82N4O6/c1-5-8-11-13-14-15-19-27-37-51-41(47)31-24-20-26-35-45(36-28-33-44-40(43-4)38-46(49)50)34-25-18-16-17-23-32-42(48)52-39(29-21-10-7-3)30-22-12-9-6-2/h38-39,43-44H,5-37H2,1-4H3/b40-38+. The summed E-state index contributed by atoms with van der Waals surface area (Å²) < 4.78 is 11.4. The van der Waals surface area contributed by atoms with Crippen LogP contribution in [0.25, 0.3) is 0 Å². The molecule has 0 aromatic carbocycles. The average Bonchev–Trinajstić information content (AvgIpc) is 3.12. The molecule has 0 radical (unpaired) electrons. The molecule has 0 saturated carbocycles. The van der Waals surface area contributed by atoms with Crippen LogP contribution in [-0.2, 0) is 19.1 Å². The minimum atomic E-state index is -0.457. The van der Waals surface area contributed by atoms with E-state index in [1.165, 1.54) is 70.6 Å². The number of nitrogens with zero attached hydrogens (tertiary/aromatic N) is 2. The van der Waals surface area contributed by atoms with Crippen molar-refractivity contribution >= 4 is 11.9 Å². The lowest BCUT2D eigenvalue weighted by atomic mass is 10.0. The highest BCUT2D eigenvalue weighted by atomic mass is 16.6. The van der Waals surface area contributed by atoms with E-state index in [1.54, 1.807) is 7.05 Å². The third-order valence-corrected chi connectivity index (χ3v) is 9.75. The third kappa shape index (κ3) is 34.7. The summed E-state index contributed by atoms with van der Waals surface area (Å²) in [6, 6.07) is 0. The SMILES string of the molecule is CCCCCCCCCCOC(=O)CCCCCN(CCCCCCCC(=O)OC(CCCCC)CCCCCC)CCCN/C(=C/[N+](=O)[O-])NC. The van der Waals surface area contributed by atoms with Crippen LogP contribution in [0.4, 0.5) is 0 Å². The van der Waals surface area contributed by atoms with Crippen LogP contribution in [0, 0.1) is 10.1 Å². The van der Waals surface area contributed by atoms with Crippen LogP contribution in [0.3, 0.4) is 0 Å². The number of hydrogen-bond acceptors (Lipinski definition) is 9. The van der Waals surface area contributed by atoms with Gasteiger partial charge in [-0.2, -0.15) is 0 Å². The van der Waals surface area contributed by atoms with E-state index in [2.05, 4.69) is 36.3 Å². The van der Waals surface area contributed by atoms with Crippen molar-refractivity contribution in [2.75, 3.05) is 39.8 Å². The molecule has 0 amide bonds. The highest BCUT2D eigenvalue weighted by Gasteiger charge is 2.14. The highest BCUT2D eigenvalue weighted by Crippen LogP contribution is 2.17. The minimum Gasteiger partial charge on any atom is -0.466 e. The lowest BCUT2D eigenvalue weighted by molar-refractivity contribution is -0.404. The van der Waals surface area contributed by atoms with Crippen molar-refractivity contribution in [1.29, 1.82) is 0 Å². The van der Waals surface area contributed by atoms with Gasteiger partial charge >= 0.3 is 11.9 Å². The Bertz CT molecular complexity index is 871. The quantitative estimate of drug-likeness (QED) is 0.0274. The van der Waals surface area contributed by atoms with Gasteiger partial charge in [-0.3, -0.25) is 19.7 Å². The molecule has 0 aliphatic heterocycles. The Labute approximate surface area is 319 Å². The Morgan fingerprint density at radius 2 is 1.10 bits per heavy atom. The van der Waals surface area contributed by atoms with Crippen molar-refractivity contribution in [3.63, 3.8) is 0 Å². The first kappa shape index (κ1) is 49.6. The zero-order valence-corrected chi connectivity index (χ0v) is 34.3. The largest absolute Gasteiger partial charge is 0.466 e. The molecule has 0 aromatic heterocycles. The van der Waals surface area contributed by atoms with Gasteiger partial charge in [0.15, 0.2) is 5.82 Å². The number of unbranched alkanes of at least 4 members (excludes halogenated alkanes) is 18. The van der Waals surface area contributed by atoms with E-state index in [0.717, 1.165) is 122 Å². The van der Waals surface area contributed by atoms with Gasteiger partial charge in [0, 0.05) is 26.4 Å². The van der Waals surface area contributed by atoms with Crippen molar-refractivity contribution in [3.8, 4) is 0 Å². The average molecular weight is 739 g/mol. The van der Waals surface area contributed by atoms with E-state index in [4.69, 9.17) is 9.47 Å². The van der Waals surface area contributed by atoms with Gasteiger partial charge in [-0.25, -0.2) is 0 Å². The predicted octanol–water partition coefficient (Wildman–Crippen LogP) is 10.6. The second-order valence-corrected chi connectivity index (χ2v) is 14.7. The summed E-state index contributed by atoms with van der Waals surface area (Å²) in [5.41, 5.74) is 0. The van der Waals surface area contributed by atoms with E-state index in [0.29, 0.717) is 31.8 Å². The Kier molecular flexibility index (Phi) is 36.6. The number of nitrogens with one attached hydrogen (secondary N) is 2. The summed E-state index contributed by atoms with van der Waals surface area (Å²) in [6.45, 7) is 10.8. The number of esters is 2. The third-order valence-electron chi connectivity index (χ3n) is 9.75. The molecular formula is C42H82N4O6. The van der Waals surface area contributed by atoms with Crippen LogP contribution >= 0.6 is 0 Å². The number of carbonyl (C=O) groups is 2. The number of ether oxygens (including phenoxy) is 2. The minimum absolute atomic E-state index is 0.0250. The van der Waals surface area contributed by atoms with E-state index in [9.17, 15) is 19.7 Å². The van der Waals surface area contributed by atoms with Crippen LogP contribution in [0.1, 0.15) is 201 Å². The fraction of sp³-hybridized carbons (Fsp3) is 0.905. The van der Waals surface area contributed by atoms with Gasteiger partial charge in [0.1, 0.15) is 6.10 Å². The summed E-state index contributed by atoms with van der Waals surface area (Å²) >= 11 is 0.